The first-order valence-electron chi connectivity index (χ1n) is 5.55. The van der Waals surface area contributed by atoms with E-state index in [2.05, 4.69) is 15.9 Å². The van der Waals surface area contributed by atoms with Crippen molar-refractivity contribution in [2.24, 2.45) is 0 Å². The lowest BCUT2D eigenvalue weighted by Gasteiger charge is -2.10. The molecule has 98 valence electrons. The third-order valence-corrected chi connectivity index (χ3v) is 5.46. The molecule has 0 radical (unpaired) electrons. The van der Waals surface area contributed by atoms with E-state index < -0.39 is 21.9 Å². The van der Waals surface area contributed by atoms with E-state index in [0.717, 1.165) is 10.0 Å². The predicted molar refractivity (Wildman–Crippen MR) is 71.4 cm³/mol. The molecule has 2 rings (SSSR count). The fourth-order valence-corrected chi connectivity index (χ4v) is 3.76. The molecule has 0 aromatic heterocycles. The van der Waals surface area contributed by atoms with Crippen molar-refractivity contribution < 1.29 is 17.9 Å². The van der Waals surface area contributed by atoms with Crippen molar-refractivity contribution in [3.05, 3.63) is 33.8 Å². The highest BCUT2D eigenvalue weighted by molar-refractivity contribution is 9.10. The van der Waals surface area contributed by atoms with E-state index in [9.17, 15) is 13.2 Å². The largest absolute Gasteiger partial charge is 0.458 e. The van der Waals surface area contributed by atoms with Gasteiger partial charge in [0.25, 0.3) is 0 Å². The highest BCUT2D eigenvalue weighted by Gasteiger charge is 2.30. The summed E-state index contributed by atoms with van der Waals surface area (Å²) in [6, 6.07) is 5.17. The van der Waals surface area contributed by atoms with Gasteiger partial charge >= 0.3 is 5.97 Å². The summed E-state index contributed by atoms with van der Waals surface area (Å²) in [5.41, 5.74) is 1.45. The Morgan fingerprint density at radius 1 is 1.44 bits per heavy atom. The summed E-state index contributed by atoms with van der Waals surface area (Å²) >= 11 is 3.34. The van der Waals surface area contributed by atoms with Gasteiger partial charge in [0, 0.05) is 4.47 Å². The third-order valence-electron chi connectivity index (χ3n) is 2.87. The van der Waals surface area contributed by atoms with Gasteiger partial charge in [0.15, 0.2) is 9.84 Å². The Kier molecular flexibility index (Phi) is 3.77. The highest BCUT2D eigenvalue weighted by atomic mass is 79.9. The lowest BCUT2D eigenvalue weighted by molar-refractivity contribution is 0.0356. The van der Waals surface area contributed by atoms with Crippen LogP contribution in [-0.2, 0) is 14.6 Å². The smallest absolute Gasteiger partial charge is 0.338 e. The van der Waals surface area contributed by atoms with Crippen LogP contribution in [0.3, 0.4) is 0 Å². The van der Waals surface area contributed by atoms with Crippen LogP contribution in [0.15, 0.2) is 22.7 Å². The molecule has 1 atom stereocenters. The lowest BCUT2D eigenvalue weighted by Crippen LogP contribution is -2.19. The van der Waals surface area contributed by atoms with E-state index in [1.165, 1.54) is 0 Å². The van der Waals surface area contributed by atoms with Crippen LogP contribution >= 0.6 is 15.9 Å². The van der Waals surface area contributed by atoms with Gasteiger partial charge < -0.3 is 4.74 Å². The second-order valence-electron chi connectivity index (χ2n) is 4.39. The van der Waals surface area contributed by atoms with Crippen molar-refractivity contribution in [3.63, 3.8) is 0 Å². The van der Waals surface area contributed by atoms with Gasteiger partial charge in [-0.05, 0) is 31.0 Å². The number of sulfone groups is 1. The summed E-state index contributed by atoms with van der Waals surface area (Å²) in [7, 11) is -3.02. The fraction of sp³-hybridized carbons (Fsp3) is 0.417. The van der Waals surface area contributed by atoms with Gasteiger partial charge in [-0.1, -0.05) is 22.0 Å². The molecule has 6 heteroatoms. The molecule has 0 saturated carbocycles. The van der Waals surface area contributed by atoms with Gasteiger partial charge in [0.2, 0.25) is 0 Å². The number of halogens is 1. The van der Waals surface area contributed by atoms with Gasteiger partial charge in [-0.3, -0.25) is 0 Å². The van der Waals surface area contributed by atoms with Crippen LogP contribution in [0.5, 0.6) is 0 Å². The fourth-order valence-electron chi connectivity index (χ4n) is 1.79. The van der Waals surface area contributed by atoms with Gasteiger partial charge in [0.1, 0.15) is 6.10 Å². The second-order valence-corrected chi connectivity index (χ2v) is 7.48. The minimum Gasteiger partial charge on any atom is -0.458 e. The number of hydrogen-bond donors (Lipinski definition) is 0. The van der Waals surface area contributed by atoms with Gasteiger partial charge in [-0.25, -0.2) is 13.2 Å². The first-order valence-corrected chi connectivity index (χ1v) is 8.16. The van der Waals surface area contributed by atoms with Crippen molar-refractivity contribution in [2.45, 2.75) is 19.4 Å². The molecular formula is C12H13BrO4S. The molecule has 1 aliphatic heterocycles. The van der Waals surface area contributed by atoms with E-state index in [0.29, 0.717) is 12.0 Å². The SMILES string of the molecule is Cc1ccc(C(=O)O[C@@H]2CCS(=O)(=O)C2)cc1Br. The number of hydrogen-bond acceptors (Lipinski definition) is 4. The molecule has 0 N–H and O–H groups in total. The number of aryl methyl sites for hydroxylation is 1. The number of benzene rings is 1. The Hall–Kier alpha value is -0.880. The molecule has 1 aromatic carbocycles. The van der Waals surface area contributed by atoms with E-state index in [1.54, 1.807) is 12.1 Å². The average Bonchev–Trinajstić information content (AvgIpc) is 2.62. The number of ether oxygens (including phenoxy) is 1. The highest BCUT2D eigenvalue weighted by Crippen LogP contribution is 2.20. The number of esters is 1. The first kappa shape index (κ1) is 13.5. The molecule has 0 spiro atoms. The number of rotatable bonds is 2. The Labute approximate surface area is 114 Å². The number of carbonyl (C=O) groups is 1. The van der Waals surface area contributed by atoms with E-state index in [1.807, 2.05) is 13.0 Å². The molecule has 1 aromatic rings. The maximum atomic E-state index is 11.8. The minimum atomic E-state index is -3.02. The maximum absolute atomic E-state index is 11.8. The van der Waals surface area contributed by atoms with Gasteiger partial charge in [-0.2, -0.15) is 0 Å². The van der Waals surface area contributed by atoms with Crippen molar-refractivity contribution in [2.75, 3.05) is 11.5 Å². The summed E-state index contributed by atoms with van der Waals surface area (Å²) in [6.07, 6.45) is -0.122. The summed E-state index contributed by atoms with van der Waals surface area (Å²) in [5.74, 6) is -0.438. The molecule has 0 aliphatic carbocycles. The summed E-state index contributed by atoms with van der Waals surface area (Å²) in [4.78, 5) is 11.8. The third kappa shape index (κ3) is 3.11. The molecule has 1 saturated heterocycles. The molecule has 1 heterocycles. The molecule has 0 bridgehead atoms. The van der Waals surface area contributed by atoms with E-state index in [4.69, 9.17) is 4.74 Å². The van der Waals surface area contributed by atoms with Crippen molar-refractivity contribution in [3.8, 4) is 0 Å². The van der Waals surface area contributed by atoms with Crippen molar-refractivity contribution in [1.82, 2.24) is 0 Å². The van der Waals surface area contributed by atoms with E-state index >= 15 is 0 Å². The van der Waals surface area contributed by atoms with Crippen molar-refractivity contribution in [1.29, 1.82) is 0 Å². The summed E-state index contributed by atoms with van der Waals surface area (Å²) < 4.78 is 28.5. The van der Waals surface area contributed by atoms with Crippen LogP contribution in [-0.4, -0.2) is 32.0 Å². The van der Waals surface area contributed by atoms with Crippen LogP contribution in [0, 0.1) is 6.92 Å². The minimum absolute atomic E-state index is 0.0637. The van der Waals surface area contributed by atoms with Gasteiger partial charge in [0.05, 0.1) is 17.1 Å². The standard InChI is InChI=1S/C12H13BrO4S/c1-8-2-3-9(6-11(8)13)12(14)17-10-4-5-18(15,16)7-10/h2-3,6,10H,4-5,7H2,1H3/t10-/m1/s1. The lowest BCUT2D eigenvalue weighted by atomic mass is 10.1. The quantitative estimate of drug-likeness (QED) is 0.778. The molecule has 4 nitrogen and oxygen atoms in total. The van der Waals surface area contributed by atoms with Crippen LogP contribution in [0.25, 0.3) is 0 Å². The zero-order chi connectivity index (χ0) is 13.3. The monoisotopic (exact) mass is 332 g/mol. The molecule has 0 amide bonds. The molecule has 0 unspecified atom stereocenters. The topological polar surface area (TPSA) is 60.4 Å². The second kappa shape index (κ2) is 5.01. The van der Waals surface area contributed by atoms with Crippen LogP contribution in [0.1, 0.15) is 22.3 Å². The van der Waals surface area contributed by atoms with E-state index in [-0.39, 0.29) is 11.5 Å². The summed E-state index contributed by atoms with van der Waals surface area (Å²) in [6.45, 7) is 1.92. The van der Waals surface area contributed by atoms with Crippen LogP contribution < -0.4 is 0 Å². The predicted octanol–water partition coefficient (Wildman–Crippen LogP) is 2.10. The Morgan fingerprint density at radius 3 is 2.72 bits per heavy atom. The normalized spacial score (nSPS) is 21.8. The molecular weight excluding hydrogens is 320 g/mol. The average molecular weight is 333 g/mol. The Bertz CT molecular complexity index is 580. The zero-order valence-corrected chi connectivity index (χ0v) is 12.3. The van der Waals surface area contributed by atoms with Crippen LogP contribution in [0.4, 0.5) is 0 Å². The van der Waals surface area contributed by atoms with Crippen molar-refractivity contribution >= 4 is 31.7 Å². The Morgan fingerprint density at radius 2 is 2.17 bits per heavy atom. The first-order chi connectivity index (χ1) is 8.37. The zero-order valence-electron chi connectivity index (χ0n) is 9.85. The van der Waals surface area contributed by atoms with Gasteiger partial charge in [-0.15, -0.1) is 0 Å². The van der Waals surface area contributed by atoms with Crippen LogP contribution in [0.2, 0.25) is 0 Å². The molecule has 1 fully saturated rings. The molecule has 1 aliphatic rings. The maximum Gasteiger partial charge on any atom is 0.338 e. The molecule has 18 heavy (non-hydrogen) atoms. The summed E-state index contributed by atoms with van der Waals surface area (Å²) in [5, 5.41) is 0. The Balaban J connectivity index is 2.06. The number of carbonyl (C=O) groups excluding carboxylic acids is 1.